The van der Waals surface area contributed by atoms with E-state index < -0.39 is 13.9 Å². The molecular formula is C7H13O4P. The fraction of sp³-hybridized carbons (Fsp3) is 1.00. The van der Waals surface area contributed by atoms with Crippen LogP contribution in [-0.4, -0.2) is 23.7 Å². The van der Waals surface area contributed by atoms with E-state index in [9.17, 15) is 4.57 Å². The molecule has 2 aliphatic carbocycles. The Balaban J connectivity index is 1.86. The second-order valence-corrected chi connectivity index (χ2v) is 5.29. The van der Waals surface area contributed by atoms with Gasteiger partial charge in [-0.1, -0.05) is 0 Å². The van der Waals surface area contributed by atoms with E-state index in [0.29, 0.717) is 0 Å². The molecule has 2 saturated carbocycles. The standard InChI is InChI=1S/C7H13O4P/c8-5-12(9,10-6-1-2-6)11-7-3-4-7/h6-8H,1-5H2. The highest BCUT2D eigenvalue weighted by molar-refractivity contribution is 7.53. The molecule has 1 N–H and O–H groups in total. The van der Waals surface area contributed by atoms with Crippen LogP contribution in [0.1, 0.15) is 25.7 Å². The van der Waals surface area contributed by atoms with Crippen LogP contribution in [0.4, 0.5) is 0 Å². The Labute approximate surface area is 71.4 Å². The second-order valence-electron chi connectivity index (χ2n) is 3.36. The molecule has 0 aromatic rings. The van der Waals surface area contributed by atoms with E-state index in [1.54, 1.807) is 0 Å². The van der Waals surface area contributed by atoms with Gasteiger partial charge in [0.2, 0.25) is 0 Å². The van der Waals surface area contributed by atoms with Crippen LogP contribution in [0.15, 0.2) is 0 Å². The Morgan fingerprint density at radius 1 is 1.17 bits per heavy atom. The molecule has 12 heavy (non-hydrogen) atoms. The molecule has 70 valence electrons. The van der Waals surface area contributed by atoms with Crippen molar-refractivity contribution in [3.63, 3.8) is 0 Å². The fourth-order valence-electron chi connectivity index (χ4n) is 0.893. The molecular weight excluding hydrogens is 179 g/mol. The SMILES string of the molecule is O=P(CO)(OC1CC1)OC1CC1. The molecule has 4 nitrogen and oxygen atoms in total. The van der Waals surface area contributed by atoms with E-state index >= 15 is 0 Å². The first-order valence-corrected chi connectivity index (χ1v) is 6.01. The van der Waals surface area contributed by atoms with Gasteiger partial charge in [-0.2, -0.15) is 0 Å². The summed E-state index contributed by atoms with van der Waals surface area (Å²) in [5.41, 5.74) is 0. The lowest BCUT2D eigenvalue weighted by Crippen LogP contribution is -2.02. The van der Waals surface area contributed by atoms with Crippen molar-refractivity contribution in [2.75, 3.05) is 6.35 Å². The van der Waals surface area contributed by atoms with E-state index in [1.165, 1.54) is 0 Å². The van der Waals surface area contributed by atoms with Gasteiger partial charge in [0.25, 0.3) is 0 Å². The second kappa shape index (κ2) is 3.11. The molecule has 0 aromatic heterocycles. The maximum atomic E-state index is 11.6. The number of hydrogen-bond acceptors (Lipinski definition) is 4. The van der Waals surface area contributed by atoms with Gasteiger partial charge in [-0.25, -0.2) is 0 Å². The largest absolute Gasteiger partial charge is 0.384 e. The Hall–Kier alpha value is 0.110. The van der Waals surface area contributed by atoms with Gasteiger partial charge in [0.05, 0.1) is 12.2 Å². The molecule has 0 spiro atoms. The molecule has 0 amide bonds. The zero-order valence-electron chi connectivity index (χ0n) is 6.81. The van der Waals surface area contributed by atoms with Crippen LogP contribution in [-0.2, 0) is 13.6 Å². The summed E-state index contributed by atoms with van der Waals surface area (Å²) in [7, 11) is -3.13. The number of hydrogen-bond donors (Lipinski definition) is 1. The summed E-state index contributed by atoms with van der Waals surface area (Å²) >= 11 is 0. The third-order valence-electron chi connectivity index (χ3n) is 1.84. The van der Waals surface area contributed by atoms with Crippen LogP contribution < -0.4 is 0 Å². The topological polar surface area (TPSA) is 55.8 Å². The Morgan fingerprint density at radius 3 is 1.83 bits per heavy atom. The van der Waals surface area contributed by atoms with E-state index in [2.05, 4.69) is 0 Å². The predicted molar refractivity (Wildman–Crippen MR) is 42.9 cm³/mol. The average molecular weight is 192 g/mol. The van der Waals surface area contributed by atoms with Gasteiger partial charge < -0.3 is 14.2 Å². The van der Waals surface area contributed by atoms with Crippen LogP contribution in [0.25, 0.3) is 0 Å². The maximum absolute atomic E-state index is 11.6. The van der Waals surface area contributed by atoms with Gasteiger partial charge in [-0.05, 0) is 25.7 Å². The molecule has 0 aromatic carbocycles. The van der Waals surface area contributed by atoms with Crippen molar-refractivity contribution in [1.29, 1.82) is 0 Å². The monoisotopic (exact) mass is 192 g/mol. The molecule has 0 bridgehead atoms. The quantitative estimate of drug-likeness (QED) is 0.670. The lowest BCUT2D eigenvalue weighted by atomic mass is 10.9. The van der Waals surface area contributed by atoms with Crippen molar-refractivity contribution < 1.29 is 18.7 Å². The summed E-state index contributed by atoms with van der Waals surface area (Å²) in [4.78, 5) is 0. The molecule has 0 atom stereocenters. The lowest BCUT2D eigenvalue weighted by Gasteiger charge is -2.14. The molecule has 2 rings (SSSR count). The third-order valence-corrected chi connectivity index (χ3v) is 3.43. The van der Waals surface area contributed by atoms with Gasteiger partial charge in [0, 0.05) is 0 Å². The molecule has 0 unspecified atom stereocenters. The predicted octanol–water partition coefficient (Wildman–Crippen LogP) is 1.49. The zero-order chi connectivity index (χ0) is 8.60. The average Bonchev–Trinajstić information content (AvgIpc) is 2.85. The minimum absolute atomic E-state index is 0.0710. The highest BCUT2D eigenvalue weighted by Gasteiger charge is 2.38. The summed E-state index contributed by atoms with van der Waals surface area (Å²) in [6, 6.07) is 0. The molecule has 0 heterocycles. The first kappa shape index (κ1) is 8.70. The van der Waals surface area contributed by atoms with E-state index in [1.807, 2.05) is 0 Å². The summed E-state index contributed by atoms with van der Waals surface area (Å²) in [5, 5.41) is 8.83. The Morgan fingerprint density at radius 2 is 1.58 bits per heavy atom. The van der Waals surface area contributed by atoms with Crippen molar-refractivity contribution in [3.05, 3.63) is 0 Å². The van der Waals surface area contributed by atoms with Crippen molar-refractivity contribution in [3.8, 4) is 0 Å². The molecule has 2 fully saturated rings. The van der Waals surface area contributed by atoms with E-state index in [0.717, 1.165) is 25.7 Å². The minimum atomic E-state index is -3.13. The van der Waals surface area contributed by atoms with Crippen LogP contribution in [0.3, 0.4) is 0 Å². The summed E-state index contributed by atoms with van der Waals surface area (Å²) in [6.07, 6.45) is 3.43. The first-order valence-electron chi connectivity index (χ1n) is 4.28. The minimum Gasteiger partial charge on any atom is -0.384 e. The highest BCUT2D eigenvalue weighted by atomic mass is 31.2. The normalized spacial score (nSPS) is 24.4. The van der Waals surface area contributed by atoms with Gasteiger partial charge in [0.1, 0.15) is 6.35 Å². The van der Waals surface area contributed by atoms with Crippen LogP contribution >= 0.6 is 7.60 Å². The van der Waals surface area contributed by atoms with Crippen molar-refractivity contribution in [2.24, 2.45) is 0 Å². The maximum Gasteiger partial charge on any atom is 0.356 e. The van der Waals surface area contributed by atoms with Crippen LogP contribution in [0.2, 0.25) is 0 Å². The lowest BCUT2D eigenvalue weighted by molar-refractivity contribution is 0.166. The van der Waals surface area contributed by atoms with Crippen LogP contribution in [0, 0.1) is 0 Å². The molecule has 0 aliphatic heterocycles. The van der Waals surface area contributed by atoms with Gasteiger partial charge >= 0.3 is 7.60 Å². The zero-order valence-corrected chi connectivity index (χ0v) is 7.70. The van der Waals surface area contributed by atoms with Gasteiger partial charge in [-0.3, -0.25) is 4.57 Å². The van der Waals surface area contributed by atoms with Crippen molar-refractivity contribution >= 4 is 7.60 Å². The Kier molecular flexibility index (Phi) is 2.25. The summed E-state index contributed by atoms with van der Waals surface area (Å²) in [5.74, 6) is 0. The van der Waals surface area contributed by atoms with E-state index in [-0.39, 0.29) is 12.2 Å². The van der Waals surface area contributed by atoms with E-state index in [4.69, 9.17) is 14.2 Å². The van der Waals surface area contributed by atoms with Crippen molar-refractivity contribution in [1.82, 2.24) is 0 Å². The fourth-order valence-corrected chi connectivity index (χ4v) is 2.41. The first-order chi connectivity index (χ1) is 5.72. The van der Waals surface area contributed by atoms with Gasteiger partial charge in [-0.15, -0.1) is 0 Å². The molecule has 0 radical (unpaired) electrons. The summed E-state index contributed by atoms with van der Waals surface area (Å²) < 4.78 is 21.9. The number of aliphatic hydroxyl groups excluding tert-OH is 1. The number of aliphatic hydroxyl groups is 1. The van der Waals surface area contributed by atoms with Crippen molar-refractivity contribution in [2.45, 2.75) is 37.9 Å². The molecule has 5 heteroatoms. The molecule has 0 saturated heterocycles. The van der Waals surface area contributed by atoms with Gasteiger partial charge in [0.15, 0.2) is 0 Å². The van der Waals surface area contributed by atoms with Crippen LogP contribution in [0.5, 0.6) is 0 Å². The third kappa shape index (κ3) is 2.30. The highest BCUT2D eigenvalue weighted by Crippen LogP contribution is 2.55. The smallest absolute Gasteiger partial charge is 0.356 e. The Bertz CT molecular complexity index is 191. The summed E-state index contributed by atoms with van der Waals surface area (Å²) in [6.45, 7) is 0. The molecule has 2 aliphatic rings. The number of rotatable bonds is 5.